The molecule has 6 nitrogen and oxygen atoms in total. The Morgan fingerprint density at radius 3 is 0.814 bits per heavy atom. The first-order valence-electron chi connectivity index (χ1n) is 40.6. The summed E-state index contributed by atoms with van der Waals surface area (Å²) in [6, 6.07) is 147. The number of para-hydroxylation sites is 2. The van der Waals surface area contributed by atoms with Gasteiger partial charge in [-0.15, -0.1) is 0 Å². The third kappa shape index (κ3) is 9.39. The molecule has 6 heteroatoms. The molecule has 0 atom stereocenters. The Balaban J connectivity index is 0.667. The fourth-order valence-corrected chi connectivity index (χ4v) is 20.1. The van der Waals surface area contributed by atoms with Crippen molar-refractivity contribution in [3.05, 3.63) is 400 Å². The molecule has 0 aliphatic heterocycles. The monoisotopic (exact) mass is 1500 g/mol. The fraction of sp³-hybridized carbons (Fsp3) is 0. The third-order valence-corrected chi connectivity index (χ3v) is 25.5. The van der Waals surface area contributed by atoms with Crippen molar-refractivity contribution in [1.82, 2.24) is 18.3 Å². The van der Waals surface area contributed by atoms with Crippen LogP contribution in [-0.4, -0.2) is 18.3 Å². The highest BCUT2D eigenvalue weighted by Gasteiger charge is 2.28. The van der Waals surface area contributed by atoms with Crippen molar-refractivity contribution >= 4 is 174 Å². The average Bonchev–Trinajstić information content (AvgIpc) is 1.54. The average molecular weight is 1500 g/mol. The zero-order valence-electron chi connectivity index (χ0n) is 63.7. The lowest BCUT2D eigenvalue weighted by atomic mass is 9.98. The van der Waals surface area contributed by atoms with Gasteiger partial charge in [-0.25, -0.2) is 0 Å². The molecule has 0 fully saturated rings. The maximum absolute atomic E-state index is 7.73. The van der Waals surface area contributed by atoms with E-state index < -0.39 is 0 Å². The van der Waals surface area contributed by atoms with Crippen LogP contribution in [0.15, 0.2) is 409 Å². The SMILES string of the molecule is c1ccc(-c2ccc(-c3ccc4c(c3)c3c5oc6c(ccc7c6c6cc(-c8ccc(-c9ccccc9)cc8)ccc6n7-c6ccc(-c7ccc8c(c7)c7c9oc%10c(ccc%11c%10c%10ccccc%10n%11-c%10cc%11ccccc%11c%11ccccc%10%11)c9ccc7n8-c7cc8ccccc8c8ccccc78)cc6)c5ccc3n4-c3ccccc3)cc2)cc1. The van der Waals surface area contributed by atoms with Crippen LogP contribution in [0.3, 0.4) is 0 Å². The van der Waals surface area contributed by atoms with E-state index in [4.69, 9.17) is 8.83 Å². The molecule has 0 amide bonds. The first-order chi connectivity index (χ1) is 58.5. The Hall–Kier alpha value is -15.8. The highest BCUT2D eigenvalue weighted by Crippen LogP contribution is 2.51. The summed E-state index contributed by atoms with van der Waals surface area (Å²) in [5, 5.41) is 22.8. The molecule has 0 aliphatic rings. The molecule has 546 valence electrons. The van der Waals surface area contributed by atoms with Crippen molar-refractivity contribution in [3.63, 3.8) is 0 Å². The number of nitrogens with zero attached hydrogens (tertiary/aromatic N) is 4. The van der Waals surface area contributed by atoms with Crippen molar-refractivity contribution in [2.24, 2.45) is 0 Å². The Morgan fingerprint density at radius 1 is 0.144 bits per heavy atom. The van der Waals surface area contributed by atoms with Crippen LogP contribution in [0, 0.1) is 0 Å². The van der Waals surface area contributed by atoms with Crippen LogP contribution in [0.5, 0.6) is 0 Å². The van der Waals surface area contributed by atoms with Crippen LogP contribution in [-0.2, 0) is 0 Å². The zero-order chi connectivity index (χ0) is 77.0. The molecule has 0 unspecified atom stereocenters. The zero-order valence-corrected chi connectivity index (χ0v) is 63.7. The molecule has 0 saturated heterocycles. The van der Waals surface area contributed by atoms with Crippen molar-refractivity contribution in [3.8, 4) is 78.4 Å². The normalized spacial score (nSPS) is 12.2. The number of aromatic nitrogens is 4. The Morgan fingerprint density at radius 2 is 0.407 bits per heavy atom. The summed E-state index contributed by atoms with van der Waals surface area (Å²) >= 11 is 0. The number of rotatable bonds is 9. The van der Waals surface area contributed by atoms with E-state index in [2.05, 4.69) is 419 Å². The minimum absolute atomic E-state index is 0.860. The third-order valence-electron chi connectivity index (χ3n) is 25.5. The minimum Gasteiger partial charge on any atom is -0.455 e. The van der Waals surface area contributed by atoms with Gasteiger partial charge in [-0.2, -0.15) is 0 Å². The van der Waals surface area contributed by atoms with Crippen molar-refractivity contribution in [1.29, 1.82) is 0 Å². The largest absolute Gasteiger partial charge is 0.455 e. The molecular weight excluding hydrogens is 1430 g/mol. The van der Waals surface area contributed by atoms with Gasteiger partial charge in [-0.05, 0) is 215 Å². The molecule has 6 heterocycles. The number of hydrogen-bond donors (Lipinski definition) is 0. The van der Waals surface area contributed by atoms with Gasteiger partial charge in [0.2, 0.25) is 0 Å². The molecule has 6 aromatic heterocycles. The van der Waals surface area contributed by atoms with Gasteiger partial charge in [0.15, 0.2) is 0 Å². The molecule has 20 aromatic carbocycles. The molecule has 0 saturated carbocycles. The van der Waals surface area contributed by atoms with E-state index in [1.54, 1.807) is 0 Å². The van der Waals surface area contributed by atoms with Crippen molar-refractivity contribution in [2.45, 2.75) is 0 Å². The summed E-state index contributed by atoms with van der Waals surface area (Å²) in [5.41, 5.74) is 28.2. The summed E-state index contributed by atoms with van der Waals surface area (Å²) in [5.74, 6) is 0. The van der Waals surface area contributed by atoms with Crippen LogP contribution >= 0.6 is 0 Å². The Bertz CT molecular complexity index is 8760. The van der Waals surface area contributed by atoms with E-state index in [9.17, 15) is 0 Å². The Labute approximate surface area is 675 Å². The lowest BCUT2D eigenvalue weighted by Crippen LogP contribution is -1.96. The predicted octanol–water partition coefficient (Wildman–Crippen LogP) is 30.8. The summed E-state index contributed by atoms with van der Waals surface area (Å²) in [4.78, 5) is 0. The first kappa shape index (κ1) is 64.7. The van der Waals surface area contributed by atoms with Crippen LogP contribution in [0.1, 0.15) is 0 Å². The van der Waals surface area contributed by atoms with E-state index >= 15 is 0 Å². The number of furan rings is 2. The van der Waals surface area contributed by atoms with E-state index in [1.807, 2.05) is 0 Å². The van der Waals surface area contributed by atoms with Crippen molar-refractivity contribution < 1.29 is 8.83 Å². The lowest BCUT2D eigenvalue weighted by Gasteiger charge is -2.14. The van der Waals surface area contributed by atoms with Crippen LogP contribution < -0.4 is 0 Å². The summed E-state index contributed by atoms with van der Waals surface area (Å²) in [6.07, 6.45) is 0. The quantitative estimate of drug-likeness (QED) is 0.135. The molecule has 0 N–H and O–H groups in total. The second-order valence-corrected chi connectivity index (χ2v) is 31.7. The van der Waals surface area contributed by atoms with Crippen LogP contribution in [0.4, 0.5) is 0 Å². The lowest BCUT2D eigenvalue weighted by molar-refractivity contribution is 0.676. The molecular formula is C112H66N4O2. The highest BCUT2D eigenvalue weighted by atomic mass is 16.3. The summed E-state index contributed by atoms with van der Waals surface area (Å²) in [6.45, 7) is 0. The number of fused-ring (bicyclic) bond motifs is 28. The van der Waals surface area contributed by atoms with Crippen LogP contribution in [0.2, 0.25) is 0 Å². The highest BCUT2D eigenvalue weighted by molar-refractivity contribution is 6.32. The topological polar surface area (TPSA) is 46.0 Å². The predicted molar refractivity (Wildman–Crippen MR) is 496 cm³/mol. The van der Waals surface area contributed by atoms with Gasteiger partial charge in [0.25, 0.3) is 0 Å². The number of hydrogen-bond acceptors (Lipinski definition) is 2. The molecule has 26 rings (SSSR count). The van der Waals surface area contributed by atoms with Crippen molar-refractivity contribution in [2.75, 3.05) is 0 Å². The molecule has 0 bridgehead atoms. The minimum atomic E-state index is 0.860. The van der Waals surface area contributed by atoms with Gasteiger partial charge in [0.1, 0.15) is 22.3 Å². The molecule has 0 aliphatic carbocycles. The maximum Gasteiger partial charge on any atom is 0.145 e. The van der Waals surface area contributed by atoms with Gasteiger partial charge in [-0.1, -0.05) is 273 Å². The van der Waals surface area contributed by atoms with Gasteiger partial charge >= 0.3 is 0 Å². The second-order valence-electron chi connectivity index (χ2n) is 31.7. The van der Waals surface area contributed by atoms with Gasteiger partial charge in [0.05, 0.1) is 77.1 Å². The molecule has 118 heavy (non-hydrogen) atoms. The van der Waals surface area contributed by atoms with E-state index in [-0.39, 0.29) is 0 Å². The smallest absolute Gasteiger partial charge is 0.145 e. The van der Waals surface area contributed by atoms with Gasteiger partial charge in [0, 0.05) is 65.2 Å². The molecule has 0 spiro atoms. The van der Waals surface area contributed by atoms with E-state index in [1.165, 1.54) is 65.3 Å². The first-order valence-corrected chi connectivity index (χ1v) is 40.6. The summed E-state index contributed by atoms with van der Waals surface area (Å²) < 4.78 is 25.2. The van der Waals surface area contributed by atoms with Gasteiger partial charge in [-0.3, -0.25) is 0 Å². The van der Waals surface area contributed by atoms with Gasteiger partial charge < -0.3 is 27.1 Å². The van der Waals surface area contributed by atoms with E-state index in [0.29, 0.717) is 0 Å². The second kappa shape index (κ2) is 24.9. The number of benzene rings is 20. The maximum atomic E-state index is 7.73. The van der Waals surface area contributed by atoms with E-state index in [0.717, 1.165) is 187 Å². The molecule has 0 radical (unpaired) electrons. The Kier molecular flexibility index (Phi) is 13.6. The summed E-state index contributed by atoms with van der Waals surface area (Å²) in [7, 11) is 0. The fourth-order valence-electron chi connectivity index (χ4n) is 20.1. The standard InChI is InChI=1S/C112H66N4O2/c1-4-20-67(21-5-1)69-36-40-71(41-37-69)74-46-55-96-92(62-74)106-99(113(96)79-26-8-3-9-27-79)58-51-88-89-52-59-100-107(111(89)118-110(88)106)93-63-75(72-42-38-70(39-43-72)68-22-6-2-7-23-68)47-56-97(93)114(100)80-49-44-73(45-50-80)76-48-57-98-94(64-76)108-102(116(98)104-66-78-25-11-13-29-82(78)84-31-15-17-33-86(84)104)61-54-90-87-53-60-101-105(109(87)117-112(90)108)91-34-18-19-35-95(91)115(101)103-65-77-24-10-12-28-81(77)83-30-14-16-32-85(83)103/h1-66H. The van der Waals surface area contributed by atoms with Crippen LogP contribution in [0.25, 0.3) is 253 Å². The molecule has 26 aromatic rings.